The van der Waals surface area contributed by atoms with Crippen LogP contribution in [0.15, 0.2) is 30.3 Å². The third kappa shape index (κ3) is 7.97. The summed E-state index contributed by atoms with van der Waals surface area (Å²) >= 11 is 5.53. The lowest BCUT2D eigenvalue weighted by atomic mass is 10.1. The minimum Gasteiger partial charge on any atom is -0.460 e. The molecular formula is C17H22ClNO5. The zero-order chi connectivity index (χ0) is 18.2. The number of Topliss-reactive ketones (excluding diaryl/α,β-unsaturated/α-hetero) is 1. The number of ketones is 1. The van der Waals surface area contributed by atoms with Crippen LogP contribution < -0.4 is 5.32 Å². The van der Waals surface area contributed by atoms with Crippen molar-refractivity contribution in [3.63, 3.8) is 0 Å². The van der Waals surface area contributed by atoms with Gasteiger partial charge in [-0.05, 0) is 26.3 Å². The summed E-state index contributed by atoms with van der Waals surface area (Å²) in [7, 11) is 0. The zero-order valence-electron chi connectivity index (χ0n) is 14.0. The fraction of sp³-hybridized carbons (Fsp3) is 0.471. The van der Waals surface area contributed by atoms with Gasteiger partial charge in [-0.25, -0.2) is 4.79 Å². The van der Waals surface area contributed by atoms with Gasteiger partial charge in [-0.2, -0.15) is 0 Å². The van der Waals surface area contributed by atoms with E-state index in [4.69, 9.17) is 21.1 Å². The predicted molar refractivity (Wildman–Crippen MR) is 89.7 cm³/mol. The maximum atomic E-state index is 11.8. The first-order valence-corrected chi connectivity index (χ1v) is 8.02. The molecule has 1 rings (SSSR count). The molecule has 0 aliphatic heterocycles. The molecular weight excluding hydrogens is 334 g/mol. The fourth-order valence-electron chi connectivity index (χ4n) is 1.80. The van der Waals surface area contributed by atoms with Gasteiger partial charge < -0.3 is 14.8 Å². The van der Waals surface area contributed by atoms with Crippen molar-refractivity contribution in [1.29, 1.82) is 0 Å². The van der Waals surface area contributed by atoms with Gasteiger partial charge in [0, 0.05) is 0 Å². The van der Waals surface area contributed by atoms with Gasteiger partial charge in [0.1, 0.15) is 18.2 Å². The molecule has 0 bridgehead atoms. The van der Waals surface area contributed by atoms with Gasteiger partial charge in [-0.3, -0.25) is 9.59 Å². The minimum absolute atomic E-state index is 0.0564. The Kier molecular flexibility index (Phi) is 7.71. The summed E-state index contributed by atoms with van der Waals surface area (Å²) in [6, 6.07) is 8.00. The van der Waals surface area contributed by atoms with Gasteiger partial charge in [-0.15, -0.1) is 11.6 Å². The summed E-state index contributed by atoms with van der Waals surface area (Å²) in [6.45, 7) is 5.20. The zero-order valence-corrected chi connectivity index (χ0v) is 14.8. The van der Waals surface area contributed by atoms with Gasteiger partial charge in [-0.1, -0.05) is 30.3 Å². The van der Waals surface area contributed by atoms with Crippen molar-refractivity contribution in [3.8, 4) is 0 Å². The number of ether oxygens (including phenoxy) is 2. The van der Waals surface area contributed by atoms with Crippen LogP contribution in [0.25, 0.3) is 0 Å². The molecule has 0 heterocycles. The Morgan fingerprint density at radius 2 is 1.79 bits per heavy atom. The molecule has 1 aromatic rings. The van der Waals surface area contributed by atoms with Crippen molar-refractivity contribution in [2.24, 2.45) is 0 Å². The average molecular weight is 356 g/mol. The molecule has 1 N–H and O–H groups in total. The summed E-state index contributed by atoms with van der Waals surface area (Å²) in [5.74, 6) is -1.42. The van der Waals surface area contributed by atoms with Crippen LogP contribution in [-0.4, -0.2) is 35.4 Å². The molecule has 0 aromatic heterocycles. The predicted octanol–water partition coefficient (Wildman–Crippen LogP) is 2.82. The number of alkyl halides is 1. The molecule has 0 saturated heterocycles. The first kappa shape index (κ1) is 20.0. The van der Waals surface area contributed by atoms with E-state index >= 15 is 0 Å². The lowest BCUT2D eigenvalue weighted by Crippen LogP contribution is -2.44. The molecule has 0 fully saturated rings. The molecule has 1 aromatic carbocycles. The largest absolute Gasteiger partial charge is 0.460 e. The van der Waals surface area contributed by atoms with Crippen LogP contribution in [0.3, 0.4) is 0 Å². The monoisotopic (exact) mass is 355 g/mol. The number of carbonyl (C=O) groups excluding carboxylic acids is 3. The van der Waals surface area contributed by atoms with Gasteiger partial charge in [0.25, 0.3) is 0 Å². The number of hydrogen-bond donors (Lipinski definition) is 1. The quantitative estimate of drug-likeness (QED) is 0.600. The highest BCUT2D eigenvalue weighted by Crippen LogP contribution is 2.10. The van der Waals surface area contributed by atoms with Crippen molar-refractivity contribution in [2.75, 3.05) is 5.88 Å². The van der Waals surface area contributed by atoms with Gasteiger partial charge in [0.2, 0.25) is 0 Å². The normalized spacial score (nSPS) is 12.2. The summed E-state index contributed by atoms with van der Waals surface area (Å²) in [6.07, 6.45) is -1.10. The Balaban J connectivity index is 2.57. The third-order valence-corrected chi connectivity index (χ3v) is 3.08. The first-order chi connectivity index (χ1) is 11.2. The van der Waals surface area contributed by atoms with Crippen LogP contribution in [0.5, 0.6) is 0 Å². The molecule has 24 heavy (non-hydrogen) atoms. The van der Waals surface area contributed by atoms with Crippen LogP contribution in [0.1, 0.15) is 32.8 Å². The smallest absolute Gasteiger partial charge is 0.408 e. The lowest BCUT2D eigenvalue weighted by molar-refractivity contribution is -0.156. The maximum absolute atomic E-state index is 11.8. The molecule has 1 amide bonds. The van der Waals surface area contributed by atoms with E-state index < -0.39 is 29.5 Å². The standard InChI is InChI=1S/C17H22ClNO5/c1-17(2,3)24-15(21)9-13(14(20)10-18)19-16(22)23-11-12-7-5-4-6-8-12/h4-8,13H,9-11H2,1-3H3,(H,19,22)/t13-/m0/s1. The van der Waals surface area contributed by atoms with E-state index in [1.165, 1.54) is 0 Å². The van der Waals surface area contributed by atoms with E-state index in [-0.39, 0.29) is 18.9 Å². The van der Waals surface area contributed by atoms with E-state index in [2.05, 4.69) is 5.32 Å². The summed E-state index contributed by atoms with van der Waals surface area (Å²) in [5, 5.41) is 2.36. The van der Waals surface area contributed by atoms with Crippen molar-refractivity contribution in [2.45, 2.75) is 45.4 Å². The molecule has 0 saturated carbocycles. The average Bonchev–Trinajstić information content (AvgIpc) is 2.50. The fourth-order valence-corrected chi connectivity index (χ4v) is 1.98. The van der Waals surface area contributed by atoms with Crippen LogP contribution in [0.2, 0.25) is 0 Å². The lowest BCUT2D eigenvalue weighted by Gasteiger charge is -2.22. The van der Waals surface area contributed by atoms with E-state index in [0.29, 0.717) is 0 Å². The second-order valence-corrected chi connectivity index (χ2v) is 6.42. The van der Waals surface area contributed by atoms with Crippen molar-refractivity contribution in [1.82, 2.24) is 5.32 Å². The van der Waals surface area contributed by atoms with Crippen molar-refractivity contribution < 1.29 is 23.9 Å². The van der Waals surface area contributed by atoms with E-state index in [0.717, 1.165) is 5.56 Å². The number of amides is 1. The van der Waals surface area contributed by atoms with E-state index in [9.17, 15) is 14.4 Å². The highest BCUT2D eigenvalue weighted by molar-refractivity contribution is 6.28. The third-order valence-electron chi connectivity index (χ3n) is 2.82. The molecule has 0 aliphatic rings. The number of halogens is 1. The van der Waals surface area contributed by atoms with Gasteiger partial charge >= 0.3 is 12.1 Å². The molecule has 6 nitrogen and oxygen atoms in total. The number of benzene rings is 1. The molecule has 0 unspecified atom stereocenters. The number of alkyl carbamates (subject to hydrolysis) is 1. The molecule has 7 heteroatoms. The Morgan fingerprint density at radius 3 is 2.33 bits per heavy atom. The Bertz CT molecular complexity index is 568. The van der Waals surface area contributed by atoms with Crippen LogP contribution in [0.4, 0.5) is 4.79 Å². The number of hydrogen-bond acceptors (Lipinski definition) is 5. The number of carbonyl (C=O) groups is 3. The molecule has 0 radical (unpaired) electrons. The highest BCUT2D eigenvalue weighted by Gasteiger charge is 2.26. The molecule has 1 atom stereocenters. The second kappa shape index (κ2) is 9.27. The van der Waals surface area contributed by atoms with Gasteiger partial charge in [0.15, 0.2) is 5.78 Å². The highest BCUT2D eigenvalue weighted by atomic mass is 35.5. The van der Waals surface area contributed by atoms with Crippen molar-refractivity contribution in [3.05, 3.63) is 35.9 Å². The number of esters is 1. The maximum Gasteiger partial charge on any atom is 0.408 e. The van der Waals surface area contributed by atoms with Crippen molar-refractivity contribution >= 4 is 29.4 Å². The van der Waals surface area contributed by atoms with Crippen LogP contribution in [0, 0.1) is 0 Å². The molecule has 132 valence electrons. The minimum atomic E-state index is -1.08. The second-order valence-electron chi connectivity index (χ2n) is 6.15. The Labute approximate surface area is 146 Å². The summed E-state index contributed by atoms with van der Waals surface area (Å²) in [4.78, 5) is 35.5. The van der Waals surface area contributed by atoms with Gasteiger partial charge in [0.05, 0.1) is 12.3 Å². The van der Waals surface area contributed by atoms with Crippen LogP contribution >= 0.6 is 11.6 Å². The van der Waals surface area contributed by atoms with E-state index in [1.807, 2.05) is 18.2 Å². The first-order valence-electron chi connectivity index (χ1n) is 7.49. The van der Waals surface area contributed by atoms with E-state index in [1.54, 1.807) is 32.9 Å². The Morgan fingerprint density at radius 1 is 1.17 bits per heavy atom. The number of nitrogens with one attached hydrogen (secondary N) is 1. The SMILES string of the molecule is CC(C)(C)OC(=O)C[C@H](NC(=O)OCc1ccccc1)C(=O)CCl. The topological polar surface area (TPSA) is 81.7 Å². The molecule has 0 aliphatic carbocycles. The summed E-state index contributed by atoms with van der Waals surface area (Å²) in [5.41, 5.74) is 0.124. The Hall–Kier alpha value is -2.08. The van der Waals surface area contributed by atoms with Crippen LogP contribution in [-0.2, 0) is 25.7 Å². The summed E-state index contributed by atoms with van der Waals surface area (Å²) < 4.78 is 10.2. The number of rotatable bonds is 7. The molecule has 0 spiro atoms.